The molecule has 2 rings (SSSR count). The van der Waals surface area contributed by atoms with Crippen LogP contribution in [0.15, 0.2) is 36.9 Å². The van der Waals surface area contributed by atoms with Gasteiger partial charge >= 0.3 is 0 Å². The second-order valence-corrected chi connectivity index (χ2v) is 4.52. The van der Waals surface area contributed by atoms with Crippen LogP contribution in [0.5, 0.6) is 0 Å². The SMILES string of the molecule is CCCC(N)C(=O)Nc1ccc(-n2ccnc2)c(F)c1. The molecule has 5 nitrogen and oxygen atoms in total. The highest BCUT2D eigenvalue weighted by molar-refractivity contribution is 5.94. The topological polar surface area (TPSA) is 72.9 Å². The fourth-order valence-corrected chi connectivity index (χ4v) is 1.87. The Balaban J connectivity index is 2.12. The number of nitrogens with zero attached hydrogens (tertiary/aromatic N) is 2. The zero-order chi connectivity index (χ0) is 14.5. The molecule has 6 heteroatoms. The second-order valence-electron chi connectivity index (χ2n) is 4.52. The van der Waals surface area contributed by atoms with Crippen LogP contribution >= 0.6 is 0 Å². The number of nitrogens with one attached hydrogen (secondary N) is 1. The van der Waals surface area contributed by atoms with Crippen molar-refractivity contribution in [3.63, 3.8) is 0 Å². The summed E-state index contributed by atoms with van der Waals surface area (Å²) in [6.07, 6.45) is 6.14. The number of hydrogen-bond acceptors (Lipinski definition) is 3. The first-order chi connectivity index (χ1) is 9.61. The van der Waals surface area contributed by atoms with Gasteiger partial charge < -0.3 is 15.6 Å². The number of halogens is 1. The van der Waals surface area contributed by atoms with E-state index in [0.717, 1.165) is 6.42 Å². The largest absolute Gasteiger partial charge is 0.325 e. The number of hydrogen-bond donors (Lipinski definition) is 2. The fourth-order valence-electron chi connectivity index (χ4n) is 1.87. The smallest absolute Gasteiger partial charge is 0.241 e. The lowest BCUT2D eigenvalue weighted by Crippen LogP contribution is -2.35. The molecule has 1 amide bonds. The van der Waals surface area contributed by atoms with Crippen LogP contribution in [0.1, 0.15) is 19.8 Å². The van der Waals surface area contributed by atoms with Gasteiger partial charge in [-0.3, -0.25) is 4.79 Å². The van der Waals surface area contributed by atoms with Crippen molar-refractivity contribution >= 4 is 11.6 Å². The highest BCUT2D eigenvalue weighted by Crippen LogP contribution is 2.18. The molecule has 1 aromatic heterocycles. The van der Waals surface area contributed by atoms with Gasteiger partial charge in [0, 0.05) is 18.1 Å². The van der Waals surface area contributed by atoms with Gasteiger partial charge in [-0.1, -0.05) is 13.3 Å². The van der Waals surface area contributed by atoms with Gasteiger partial charge in [-0.2, -0.15) is 0 Å². The van der Waals surface area contributed by atoms with Crippen LogP contribution in [0.3, 0.4) is 0 Å². The molecule has 1 unspecified atom stereocenters. The molecule has 1 heterocycles. The maximum absolute atomic E-state index is 14.0. The van der Waals surface area contributed by atoms with E-state index in [2.05, 4.69) is 10.3 Å². The summed E-state index contributed by atoms with van der Waals surface area (Å²) in [6, 6.07) is 3.91. The number of aromatic nitrogens is 2. The number of anilines is 1. The highest BCUT2D eigenvalue weighted by atomic mass is 19.1. The van der Waals surface area contributed by atoms with Gasteiger partial charge in [0.1, 0.15) is 5.82 Å². The Bertz CT molecular complexity index is 583. The summed E-state index contributed by atoms with van der Waals surface area (Å²) in [5, 5.41) is 2.61. The van der Waals surface area contributed by atoms with Crippen molar-refractivity contribution in [3.8, 4) is 5.69 Å². The van der Waals surface area contributed by atoms with Crippen molar-refractivity contribution in [3.05, 3.63) is 42.7 Å². The summed E-state index contributed by atoms with van der Waals surface area (Å²) in [5.74, 6) is -0.744. The minimum absolute atomic E-state index is 0.304. The van der Waals surface area contributed by atoms with Gasteiger partial charge in [0.2, 0.25) is 5.91 Å². The molecule has 0 aliphatic heterocycles. The van der Waals surface area contributed by atoms with Gasteiger partial charge in [-0.05, 0) is 24.6 Å². The Labute approximate surface area is 116 Å². The van der Waals surface area contributed by atoms with E-state index in [-0.39, 0.29) is 5.91 Å². The third kappa shape index (κ3) is 3.21. The van der Waals surface area contributed by atoms with E-state index in [4.69, 9.17) is 5.73 Å². The Kier molecular flexibility index (Phi) is 4.47. The van der Waals surface area contributed by atoms with Crippen molar-refractivity contribution < 1.29 is 9.18 Å². The van der Waals surface area contributed by atoms with E-state index < -0.39 is 11.9 Å². The molecule has 0 saturated carbocycles. The molecule has 0 spiro atoms. The van der Waals surface area contributed by atoms with Crippen LogP contribution in [0.2, 0.25) is 0 Å². The van der Waals surface area contributed by atoms with Crippen LogP contribution in [0.25, 0.3) is 5.69 Å². The predicted molar refractivity (Wildman–Crippen MR) is 75.0 cm³/mol. The summed E-state index contributed by atoms with van der Waals surface area (Å²) >= 11 is 0. The Hall–Kier alpha value is -2.21. The molecule has 3 N–H and O–H groups in total. The second kappa shape index (κ2) is 6.29. The molecule has 0 radical (unpaired) electrons. The van der Waals surface area contributed by atoms with Crippen LogP contribution in [0, 0.1) is 5.82 Å². The van der Waals surface area contributed by atoms with Crippen molar-refractivity contribution in [2.45, 2.75) is 25.8 Å². The van der Waals surface area contributed by atoms with E-state index in [1.165, 1.54) is 12.4 Å². The average molecular weight is 276 g/mol. The van der Waals surface area contributed by atoms with Crippen LogP contribution in [-0.4, -0.2) is 21.5 Å². The predicted octanol–water partition coefficient (Wildman–Crippen LogP) is 2.08. The molecular weight excluding hydrogens is 259 g/mol. The maximum atomic E-state index is 14.0. The Morgan fingerprint density at radius 2 is 2.35 bits per heavy atom. The first kappa shape index (κ1) is 14.2. The first-order valence-corrected chi connectivity index (χ1v) is 6.46. The first-order valence-electron chi connectivity index (χ1n) is 6.46. The van der Waals surface area contributed by atoms with Gasteiger partial charge in [0.15, 0.2) is 0 Å². The summed E-state index contributed by atoms with van der Waals surface area (Å²) < 4.78 is 15.5. The van der Waals surface area contributed by atoms with Crippen molar-refractivity contribution in [2.75, 3.05) is 5.32 Å². The molecule has 0 aliphatic carbocycles. The molecule has 106 valence electrons. The lowest BCUT2D eigenvalue weighted by Gasteiger charge is -2.12. The third-order valence-electron chi connectivity index (χ3n) is 2.93. The van der Waals surface area contributed by atoms with Gasteiger partial charge in [0.25, 0.3) is 0 Å². The molecular formula is C14H17FN4O. The van der Waals surface area contributed by atoms with E-state index in [1.54, 1.807) is 29.1 Å². The van der Waals surface area contributed by atoms with Gasteiger partial charge in [-0.25, -0.2) is 9.37 Å². The normalized spacial score (nSPS) is 12.2. The van der Waals surface area contributed by atoms with E-state index in [9.17, 15) is 9.18 Å². The standard InChI is InChI=1S/C14H17FN4O/c1-2-3-12(16)14(20)18-10-4-5-13(11(15)8-10)19-7-6-17-9-19/h4-9,12H,2-3,16H2,1H3,(H,18,20). The molecule has 0 fully saturated rings. The minimum Gasteiger partial charge on any atom is -0.325 e. The van der Waals surface area contributed by atoms with E-state index in [1.807, 2.05) is 6.92 Å². The minimum atomic E-state index is -0.573. The number of imidazole rings is 1. The van der Waals surface area contributed by atoms with Crippen LogP contribution in [0.4, 0.5) is 10.1 Å². The zero-order valence-electron chi connectivity index (χ0n) is 11.2. The lowest BCUT2D eigenvalue weighted by atomic mass is 10.1. The third-order valence-corrected chi connectivity index (χ3v) is 2.93. The summed E-state index contributed by atoms with van der Waals surface area (Å²) in [6.45, 7) is 1.95. The number of amides is 1. The number of carbonyl (C=O) groups excluding carboxylic acids is 1. The number of carbonyl (C=O) groups is 1. The molecule has 2 aromatic rings. The Morgan fingerprint density at radius 3 is 2.95 bits per heavy atom. The fraction of sp³-hybridized carbons (Fsp3) is 0.286. The Morgan fingerprint density at radius 1 is 1.55 bits per heavy atom. The molecule has 20 heavy (non-hydrogen) atoms. The summed E-state index contributed by atoms with van der Waals surface area (Å²) in [5.41, 5.74) is 6.47. The number of nitrogens with two attached hydrogens (primary N) is 1. The highest BCUT2D eigenvalue weighted by Gasteiger charge is 2.13. The van der Waals surface area contributed by atoms with Gasteiger partial charge in [-0.15, -0.1) is 0 Å². The zero-order valence-corrected chi connectivity index (χ0v) is 11.2. The van der Waals surface area contributed by atoms with Crippen molar-refractivity contribution in [1.82, 2.24) is 9.55 Å². The molecule has 1 atom stereocenters. The number of benzene rings is 1. The van der Waals surface area contributed by atoms with Crippen LogP contribution in [-0.2, 0) is 4.79 Å². The summed E-state index contributed by atoms with van der Waals surface area (Å²) in [4.78, 5) is 15.6. The van der Waals surface area contributed by atoms with Crippen LogP contribution < -0.4 is 11.1 Å². The van der Waals surface area contributed by atoms with E-state index in [0.29, 0.717) is 17.8 Å². The quantitative estimate of drug-likeness (QED) is 0.878. The van der Waals surface area contributed by atoms with Gasteiger partial charge in [0.05, 0.1) is 18.1 Å². The summed E-state index contributed by atoms with van der Waals surface area (Å²) in [7, 11) is 0. The monoisotopic (exact) mass is 276 g/mol. The maximum Gasteiger partial charge on any atom is 0.241 e. The molecule has 0 saturated heterocycles. The van der Waals surface area contributed by atoms with E-state index >= 15 is 0 Å². The van der Waals surface area contributed by atoms with Crippen molar-refractivity contribution in [1.29, 1.82) is 0 Å². The molecule has 1 aromatic carbocycles. The molecule has 0 aliphatic rings. The average Bonchev–Trinajstić information content (AvgIpc) is 2.93. The lowest BCUT2D eigenvalue weighted by molar-refractivity contribution is -0.117. The molecule has 0 bridgehead atoms. The van der Waals surface area contributed by atoms with Crippen molar-refractivity contribution in [2.24, 2.45) is 5.73 Å². The number of rotatable bonds is 5.